The van der Waals surface area contributed by atoms with Gasteiger partial charge < -0.3 is 20.2 Å². The van der Waals surface area contributed by atoms with E-state index < -0.39 is 5.91 Å². The average Bonchev–Trinajstić information content (AvgIpc) is 3.24. The van der Waals surface area contributed by atoms with E-state index in [4.69, 9.17) is 15.2 Å². The van der Waals surface area contributed by atoms with Gasteiger partial charge in [-0.25, -0.2) is 4.98 Å². The maximum atomic E-state index is 11.5. The van der Waals surface area contributed by atoms with Gasteiger partial charge in [0.25, 0.3) is 5.91 Å². The molecule has 2 aromatic carbocycles. The Labute approximate surface area is 138 Å². The Balaban J connectivity index is 1.62. The van der Waals surface area contributed by atoms with Gasteiger partial charge in [-0.3, -0.25) is 4.79 Å². The van der Waals surface area contributed by atoms with Crippen LogP contribution in [-0.4, -0.2) is 35.4 Å². The van der Waals surface area contributed by atoms with Gasteiger partial charge >= 0.3 is 0 Å². The molecule has 0 aliphatic carbocycles. The van der Waals surface area contributed by atoms with Gasteiger partial charge in [0.05, 0.1) is 24.3 Å². The fourth-order valence-corrected chi connectivity index (χ4v) is 2.88. The number of amides is 1. The Kier molecular flexibility index (Phi) is 3.76. The number of imidazole rings is 1. The highest BCUT2D eigenvalue weighted by molar-refractivity contribution is 6.04. The molecule has 1 saturated heterocycles. The first kappa shape index (κ1) is 14.9. The lowest BCUT2D eigenvalue weighted by molar-refractivity contribution is -0.0399. The van der Waals surface area contributed by atoms with Crippen molar-refractivity contribution >= 4 is 16.9 Å². The quantitative estimate of drug-likeness (QED) is 0.770. The standard InChI is InChI=1S/C18H17N3O3/c19-17(22)13-2-1-3-14-16(13)21-18(20-14)12-6-4-11(5-7-12)10-15-23-8-9-24-15/h1-7,15H,8-10H2,(H2,19,22)(H,20,21). The summed E-state index contributed by atoms with van der Waals surface area (Å²) in [4.78, 5) is 19.3. The first-order valence-corrected chi connectivity index (χ1v) is 7.82. The van der Waals surface area contributed by atoms with Crippen molar-refractivity contribution in [1.82, 2.24) is 9.97 Å². The van der Waals surface area contributed by atoms with Crippen LogP contribution in [0, 0.1) is 0 Å². The summed E-state index contributed by atoms with van der Waals surface area (Å²) in [7, 11) is 0. The van der Waals surface area contributed by atoms with Gasteiger partial charge in [-0.2, -0.15) is 0 Å². The van der Waals surface area contributed by atoms with Crippen LogP contribution in [0.1, 0.15) is 15.9 Å². The second kappa shape index (κ2) is 6.07. The Morgan fingerprint density at radius 1 is 1.17 bits per heavy atom. The highest BCUT2D eigenvalue weighted by Crippen LogP contribution is 2.23. The van der Waals surface area contributed by atoms with E-state index in [1.807, 2.05) is 30.3 Å². The number of nitrogens with two attached hydrogens (primary N) is 1. The van der Waals surface area contributed by atoms with Crippen molar-refractivity contribution in [3.63, 3.8) is 0 Å². The molecule has 1 fully saturated rings. The van der Waals surface area contributed by atoms with Crippen LogP contribution in [-0.2, 0) is 15.9 Å². The Morgan fingerprint density at radius 3 is 2.62 bits per heavy atom. The Bertz CT molecular complexity index is 880. The summed E-state index contributed by atoms with van der Waals surface area (Å²) in [5, 5.41) is 0. The monoisotopic (exact) mass is 323 g/mol. The number of benzene rings is 2. The van der Waals surface area contributed by atoms with E-state index in [1.54, 1.807) is 12.1 Å². The van der Waals surface area contributed by atoms with Crippen molar-refractivity contribution in [3.05, 3.63) is 53.6 Å². The molecule has 0 unspecified atom stereocenters. The van der Waals surface area contributed by atoms with Crippen LogP contribution >= 0.6 is 0 Å². The fraction of sp³-hybridized carbons (Fsp3) is 0.222. The van der Waals surface area contributed by atoms with Crippen LogP contribution in [0.2, 0.25) is 0 Å². The number of hydrogen-bond donors (Lipinski definition) is 2. The van der Waals surface area contributed by atoms with E-state index in [0.29, 0.717) is 30.1 Å². The first-order valence-electron chi connectivity index (χ1n) is 7.82. The summed E-state index contributed by atoms with van der Waals surface area (Å²) in [5.41, 5.74) is 9.29. The molecule has 0 atom stereocenters. The second-order valence-corrected chi connectivity index (χ2v) is 5.72. The summed E-state index contributed by atoms with van der Waals surface area (Å²) in [6.07, 6.45) is 0.576. The van der Waals surface area contributed by atoms with Gasteiger partial charge in [0.2, 0.25) is 0 Å². The van der Waals surface area contributed by atoms with Crippen LogP contribution in [0.15, 0.2) is 42.5 Å². The molecule has 1 aliphatic heterocycles. The lowest BCUT2D eigenvalue weighted by Crippen LogP contribution is -2.11. The van der Waals surface area contributed by atoms with Crippen molar-refractivity contribution in [1.29, 1.82) is 0 Å². The van der Waals surface area contributed by atoms with Gasteiger partial charge in [-0.1, -0.05) is 30.3 Å². The predicted molar refractivity (Wildman–Crippen MR) is 89.4 cm³/mol. The van der Waals surface area contributed by atoms with E-state index >= 15 is 0 Å². The molecule has 0 spiro atoms. The minimum Gasteiger partial charge on any atom is -0.366 e. The molecule has 0 bridgehead atoms. The Hall–Kier alpha value is -2.70. The molecule has 24 heavy (non-hydrogen) atoms. The molecule has 6 nitrogen and oxygen atoms in total. The van der Waals surface area contributed by atoms with Gasteiger partial charge in [0.15, 0.2) is 6.29 Å². The summed E-state index contributed by atoms with van der Waals surface area (Å²) < 4.78 is 10.9. The lowest BCUT2D eigenvalue weighted by Gasteiger charge is -2.08. The number of aromatic amines is 1. The molecule has 0 radical (unpaired) electrons. The number of primary amides is 1. The molecule has 0 saturated carbocycles. The highest BCUT2D eigenvalue weighted by atomic mass is 16.7. The summed E-state index contributed by atoms with van der Waals surface area (Å²) in [6, 6.07) is 13.4. The van der Waals surface area contributed by atoms with Crippen LogP contribution < -0.4 is 5.73 Å². The molecule has 6 heteroatoms. The largest absolute Gasteiger partial charge is 0.366 e. The molecule has 4 rings (SSSR count). The number of rotatable bonds is 4. The van der Waals surface area contributed by atoms with E-state index in [2.05, 4.69) is 9.97 Å². The maximum absolute atomic E-state index is 11.5. The summed E-state index contributed by atoms with van der Waals surface area (Å²) in [5.74, 6) is 0.226. The second-order valence-electron chi connectivity index (χ2n) is 5.72. The fourth-order valence-electron chi connectivity index (χ4n) is 2.88. The molecular formula is C18H17N3O3. The average molecular weight is 323 g/mol. The summed E-state index contributed by atoms with van der Waals surface area (Å²) >= 11 is 0. The molecule has 2 heterocycles. The van der Waals surface area contributed by atoms with Crippen molar-refractivity contribution in [2.24, 2.45) is 5.73 Å². The molecule has 3 N–H and O–H groups in total. The molecule has 1 aromatic heterocycles. The van der Waals surface area contributed by atoms with E-state index in [-0.39, 0.29) is 6.29 Å². The maximum Gasteiger partial charge on any atom is 0.250 e. The van der Waals surface area contributed by atoms with Crippen LogP contribution in [0.3, 0.4) is 0 Å². The number of hydrogen-bond acceptors (Lipinski definition) is 4. The van der Waals surface area contributed by atoms with Gasteiger partial charge in [0, 0.05) is 12.0 Å². The summed E-state index contributed by atoms with van der Waals surface area (Å²) in [6.45, 7) is 1.31. The zero-order valence-corrected chi connectivity index (χ0v) is 13.0. The topological polar surface area (TPSA) is 90.2 Å². The number of carbonyl (C=O) groups excluding carboxylic acids is 1. The third-order valence-electron chi connectivity index (χ3n) is 4.10. The molecule has 1 aliphatic rings. The van der Waals surface area contributed by atoms with Gasteiger partial charge in [-0.05, 0) is 17.7 Å². The number of fused-ring (bicyclic) bond motifs is 1. The number of nitrogens with one attached hydrogen (secondary N) is 1. The third-order valence-corrected chi connectivity index (χ3v) is 4.10. The SMILES string of the molecule is NC(=O)c1cccc2[nH]c(-c3ccc(CC4OCCO4)cc3)nc12. The molecule has 1 amide bonds. The number of H-pyrrole nitrogens is 1. The van der Waals surface area contributed by atoms with E-state index in [0.717, 1.165) is 23.1 Å². The zero-order chi connectivity index (χ0) is 16.5. The normalized spacial score (nSPS) is 15.2. The third kappa shape index (κ3) is 2.77. The van der Waals surface area contributed by atoms with Crippen molar-refractivity contribution in [2.45, 2.75) is 12.7 Å². The molecular weight excluding hydrogens is 306 g/mol. The number of aromatic nitrogens is 2. The van der Waals surface area contributed by atoms with Crippen molar-refractivity contribution in [3.8, 4) is 11.4 Å². The van der Waals surface area contributed by atoms with Crippen LogP contribution in [0.25, 0.3) is 22.4 Å². The zero-order valence-electron chi connectivity index (χ0n) is 13.0. The Morgan fingerprint density at radius 2 is 1.92 bits per heavy atom. The van der Waals surface area contributed by atoms with E-state index in [9.17, 15) is 4.79 Å². The highest BCUT2D eigenvalue weighted by Gasteiger charge is 2.16. The van der Waals surface area contributed by atoms with Gasteiger partial charge in [0.1, 0.15) is 11.3 Å². The number of ether oxygens (including phenoxy) is 2. The first-order chi connectivity index (χ1) is 11.7. The van der Waals surface area contributed by atoms with Crippen LogP contribution in [0.4, 0.5) is 0 Å². The van der Waals surface area contributed by atoms with Gasteiger partial charge in [-0.15, -0.1) is 0 Å². The molecule has 122 valence electrons. The smallest absolute Gasteiger partial charge is 0.250 e. The molecule has 3 aromatic rings. The van der Waals surface area contributed by atoms with Crippen molar-refractivity contribution < 1.29 is 14.3 Å². The minimum atomic E-state index is -0.481. The van der Waals surface area contributed by atoms with E-state index in [1.165, 1.54) is 0 Å². The number of para-hydroxylation sites is 1. The number of nitrogens with zero attached hydrogens (tertiary/aromatic N) is 1. The number of carbonyl (C=O) groups is 1. The van der Waals surface area contributed by atoms with Crippen molar-refractivity contribution in [2.75, 3.05) is 13.2 Å². The lowest BCUT2D eigenvalue weighted by atomic mass is 10.1. The predicted octanol–water partition coefficient (Wildman–Crippen LogP) is 2.24. The van der Waals surface area contributed by atoms with Crippen LogP contribution in [0.5, 0.6) is 0 Å². The minimum absolute atomic E-state index is 0.153.